The highest BCUT2D eigenvalue weighted by Gasteiger charge is 2.02. The molecule has 7 nitrogen and oxygen atoms in total. The molecule has 0 unspecified atom stereocenters. The molecule has 3 aromatic rings. The zero-order valence-electron chi connectivity index (χ0n) is 19.1. The predicted molar refractivity (Wildman–Crippen MR) is 130 cm³/mol. The zero-order chi connectivity index (χ0) is 23.2. The third-order valence-electron chi connectivity index (χ3n) is 4.33. The number of hydrogen-bond donors (Lipinski definition) is 6. The Morgan fingerprint density at radius 2 is 1.58 bits per heavy atom. The van der Waals surface area contributed by atoms with Crippen LogP contribution in [0.25, 0.3) is 0 Å². The lowest BCUT2D eigenvalue weighted by Gasteiger charge is -2.13. The van der Waals surface area contributed by atoms with Gasteiger partial charge in [-0.2, -0.15) is 0 Å². The van der Waals surface area contributed by atoms with Gasteiger partial charge >= 0.3 is 0 Å². The van der Waals surface area contributed by atoms with Crippen LogP contribution in [0.3, 0.4) is 0 Å². The SMILES string of the molecule is CN(N)c1ccc(NCc2ccc(O)cc2O)cc1.CNC.C[NH2+]c1ccccc1C. The van der Waals surface area contributed by atoms with Gasteiger partial charge in [-0.1, -0.05) is 18.2 Å². The van der Waals surface area contributed by atoms with Gasteiger partial charge in [-0.25, -0.2) is 5.84 Å². The number of quaternary nitrogens is 1. The van der Waals surface area contributed by atoms with E-state index in [1.807, 2.05) is 38.4 Å². The normalized spacial score (nSPS) is 9.61. The van der Waals surface area contributed by atoms with Crippen molar-refractivity contribution in [3.05, 3.63) is 77.9 Å². The van der Waals surface area contributed by atoms with E-state index in [-0.39, 0.29) is 11.5 Å². The van der Waals surface area contributed by atoms with Crippen LogP contribution >= 0.6 is 0 Å². The third-order valence-corrected chi connectivity index (χ3v) is 4.33. The van der Waals surface area contributed by atoms with E-state index in [1.165, 1.54) is 22.3 Å². The Bertz CT molecular complexity index is 899. The first kappa shape index (κ1) is 25.8. The quantitative estimate of drug-likeness (QED) is 0.213. The van der Waals surface area contributed by atoms with Crippen molar-refractivity contribution in [3.8, 4) is 11.5 Å². The maximum Gasteiger partial charge on any atom is 0.132 e. The summed E-state index contributed by atoms with van der Waals surface area (Å²) in [4.78, 5) is 0. The molecule has 0 amide bonds. The van der Waals surface area contributed by atoms with E-state index in [2.05, 4.69) is 54.2 Å². The van der Waals surface area contributed by atoms with Crippen LogP contribution in [0.15, 0.2) is 66.7 Å². The van der Waals surface area contributed by atoms with Gasteiger partial charge in [0.2, 0.25) is 0 Å². The van der Waals surface area contributed by atoms with Crippen LogP contribution in [0.5, 0.6) is 11.5 Å². The molecule has 31 heavy (non-hydrogen) atoms. The maximum absolute atomic E-state index is 9.66. The highest BCUT2D eigenvalue weighted by Crippen LogP contribution is 2.23. The summed E-state index contributed by atoms with van der Waals surface area (Å²) in [6.45, 7) is 2.60. The Hall–Kier alpha value is -3.26. The van der Waals surface area contributed by atoms with Crippen LogP contribution in [0.1, 0.15) is 11.1 Å². The maximum atomic E-state index is 9.66. The van der Waals surface area contributed by atoms with E-state index in [0.29, 0.717) is 6.54 Å². The fourth-order valence-electron chi connectivity index (χ4n) is 2.62. The highest BCUT2D eigenvalue weighted by molar-refractivity contribution is 5.54. The molecule has 0 aliphatic heterocycles. The van der Waals surface area contributed by atoms with Crippen molar-refractivity contribution in [1.82, 2.24) is 5.32 Å². The van der Waals surface area contributed by atoms with Crippen LogP contribution in [0.4, 0.5) is 17.1 Å². The van der Waals surface area contributed by atoms with Gasteiger partial charge in [0, 0.05) is 36.5 Å². The molecule has 0 saturated heterocycles. The van der Waals surface area contributed by atoms with Gasteiger partial charge < -0.3 is 31.2 Å². The minimum atomic E-state index is 0.0524. The van der Waals surface area contributed by atoms with Gasteiger partial charge in [0.25, 0.3) is 0 Å². The average molecular weight is 427 g/mol. The zero-order valence-corrected chi connectivity index (χ0v) is 19.1. The molecule has 168 valence electrons. The van der Waals surface area contributed by atoms with Crippen molar-refractivity contribution in [2.75, 3.05) is 38.5 Å². The Kier molecular flexibility index (Phi) is 11.5. The van der Waals surface area contributed by atoms with Crippen molar-refractivity contribution < 1.29 is 15.5 Å². The van der Waals surface area contributed by atoms with Crippen molar-refractivity contribution in [2.45, 2.75) is 13.5 Å². The predicted octanol–water partition coefficient (Wildman–Crippen LogP) is 2.68. The summed E-state index contributed by atoms with van der Waals surface area (Å²) in [5.74, 6) is 5.75. The highest BCUT2D eigenvalue weighted by atomic mass is 16.3. The summed E-state index contributed by atoms with van der Waals surface area (Å²) in [6.07, 6.45) is 0. The molecule has 0 aromatic heterocycles. The number of hydrogen-bond acceptors (Lipinski definition) is 6. The number of nitrogens with two attached hydrogens (primary N) is 2. The lowest BCUT2D eigenvalue weighted by molar-refractivity contribution is -0.539. The van der Waals surface area contributed by atoms with E-state index < -0.39 is 0 Å². The molecule has 0 radical (unpaired) electrons. The summed E-state index contributed by atoms with van der Waals surface area (Å²) in [7, 11) is 7.58. The summed E-state index contributed by atoms with van der Waals surface area (Å²) in [6, 6.07) is 20.5. The first-order valence-corrected chi connectivity index (χ1v) is 10.1. The van der Waals surface area contributed by atoms with Crippen LogP contribution in [0.2, 0.25) is 0 Å². The van der Waals surface area contributed by atoms with Crippen molar-refractivity contribution in [2.24, 2.45) is 5.84 Å². The number of rotatable bonds is 5. The smallest absolute Gasteiger partial charge is 0.132 e. The Morgan fingerprint density at radius 3 is 2.06 bits per heavy atom. The number of phenols is 2. The first-order valence-electron chi connectivity index (χ1n) is 10.1. The number of aromatic hydroxyl groups is 2. The number of para-hydroxylation sites is 1. The third kappa shape index (κ3) is 9.39. The van der Waals surface area contributed by atoms with E-state index >= 15 is 0 Å². The fourth-order valence-corrected chi connectivity index (χ4v) is 2.62. The second-order valence-corrected chi connectivity index (χ2v) is 6.97. The van der Waals surface area contributed by atoms with Gasteiger partial charge in [-0.3, -0.25) is 0 Å². The summed E-state index contributed by atoms with van der Waals surface area (Å²) >= 11 is 0. The summed E-state index contributed by atoms with van der Waals surface area (Å²) < 4.78 is 0. The molecule has 7 heteroatoms. The van der Waals surface area contributed by atoms with Crippen LogP contribution in [-0.2, 0) is 6.54 Å². The van der Waals surface area contributed by atoms with E-state index in [9.17, 15) is 10.2 Å². The van der Waals surface area contributed by atoms with Crippen LogP contribution in [0, 0.1) is 6.92 Å². The molecule has 0 aliphatic rings. The molecular formula is C24H36N5O2+. The minimum Gasteiger partial charge on any atom is -0.508 e. The number of anilines is 2. The van der Waals surface area contributed by atoms with Gasteiger partial charge in [-0.05, 0) is 63.5 Å². The monoisotopic (exact) mass is 426 g/mol. The Balaban J connectivity index is 0.000000333. The number of nitrogens with one attached hydrogen (secondary N) is 2. The second-order valence-electron chi connectivity index (χ2n) is 6.97. The molecule has 0 bridgehead atoms. The van der Waals surface area contributed by atoms with Crippen LogP contribution < -0.4 is 26.8 Å². The molecular weight excluding hydrogens is 390 g/mol. The van der Waals surface area contributed by atoms with Crippen molar-refractivity contribution in [1.29, 1.82) is 0 Å². The first-order chi connectivity index (χ1) is 14.8. The number of benzene rings is 3. The molecule has 3 aromatic carbocycles. The largest absolute Gasteiger partial charge is 0.508 e. The Labute approximate surface area is 185 Å². The number of nitrogens with zero attached hydrogens (tertiary/aromatic N) is 1. The van der Waals surface area contributed by atoms with Crippen LogP contribution in [-0.4, -0.2) is 38.4 Å². The van der Waals surface area contributed by atoms with Crippen molar-refractivity contribution in [3.63, 3.8) is 0 Å². The number of phenolic OH excluding ortho intramolecular Hbond substituents is 2. The summed E-state index contributed by atoms with van der Waals surface area (Å²) in [5.41, 5.74) is 5.24. The topological polar surface area (TPSA) is 110 Å². The average Bonchev–Trinajstić information content (AvgIpc) is 2.75. The van der Waals surface area contributed by atoms with E-state index in [0.717, 1.165) is 16.9 Å². The van der Waals surface area contributed by atoms with Gasteiger partial charge in [-0.15, -0.1) is 0 Å². The lowest BCUT2D eigenvalue weighted by atomic mass is 10.2. The minimum absolute atomic E-state index is 0.0524. The van der Waals surface area contributed by atoms with Gasteiger partial charge in [0.05, 0.1) is 12.7 Å². The second kappa shape index (κ2) is 13.9. The molecule has 0 spiro atoms. The van der Waals surface area contributed by atoms with Crippen molar-refractivity contribution >= 4 is 17.1 Å². The summed E-state index contributed by atoms with van der Waals surface area (Å²) in [5, 5.41) is 28.5. The number of hydrazine groups is 1. The standard InChI is InChI=1S/C14H17N3O2.C8H11N.C2H7N/c1-17(15)12-5-3-11(4-6-12)16-9-10-2-7-13(18)8-14(10)19;1-7-5-3-4-6-8(7)9-2;1-3-2/h2-8,16,18-19H,9,15H2,1H3;3-6,9H,1-2H3;3H,1-2H3/p+1. The van der Waals surface area contributed by atoms with Gasteiger partial charge in [0.1, 0.15) is 17.2 Å². The molecule has 8 N–H and O–H groups in total. The molecule has 0 fully saturated rings. The molecule has 0 aliphatic carbocycles. The molecule has 0 atom stereocenters. The molecule has 3 rings (SSSR count). The lowest BCUT2D eigenvalue weighted by Crippen LogP contribution is -2.73. The molecule has 0 saturated carbocycles. The van der Waals surface area contributed by atoms with E-state index in [4.69, 9.17) is 5.84 Å². The van der Waals surface area contributed by atoms with Gasteiger partial charge in [0.15, 0.2) is 0 Å². The fraction of sp³-hybridized carbons (Fsp3) is 0.250. The van der Waals surface area contributed by atoms with E-state index in [1.54, 1.807) is 19.2 Å². The Morgan fingerprint density at radius 1 is 0.968 bits per heavy atom. The molecule has 0 heterocycles. The number of aryl methyl sites for hydroxylation is 1.